The van der Waals surface area contributed by atoms with E-state index in [1.807, 2.05) is 13.0 Å². The van der Waals surface area contributed by atoms with Crippen molar-refractivity contribution in [2.75, 3.05) is 5.32 Å². The summed E-state index contributed by atoms with van der Waals surface area (Å²) in [6, 6.07) is 6.52. The number of carbonyl (C=O) groups is 2. The van der Waals surface area contributed by atoms with Crippen LogP contribution >= 0.6 is 15.9 Å². The van der Waals surface area contributed by atoms with E-state index in [9.17, 15) is 9.59 Å². The first-order chi connectivity index (χ1) is 8.97. The van der Waals surface area contributed by atoms with E-state index in [-0.39, 0.29) is 17.4 Å². The van der Waals surface area contributed by atoms with Gasteiger partial charge in [-0.25, -0.2) is 4.79 Å². The summed E-state index contributed by atoms with van der Waals surface area (Å²) < 4.78 is 0.884. The second-order valence-electron chi connectivity index (χ2n) is 3.89. The number of aryl methyl sites for hydroxylation is 1. The molecule has 0 aliphatic heterocycles. The van der Waals surface area contributed by atoms with Gasteiger partial charge in [0.25, 0.3) is 5.91 Å². The average molecular weight is 324 g/mol. The van der Waals surface area contributed by atoms with Crippen molar-refractivity contribution in [1.82, 2.24) is 10.2 Å². The molecule has 2 rings (SSSR count). The average Bonchev–Trinajstić information content (AvgIpc) is 2.77. The van der Waals surface area contributed by atoms with Crippen LogP contribution in [0, 0.1) is 6.92 Å². The Labute approximate surface area is 117 Å². The van der Waals surface area contributed by atoms with Crippen LogP contribution in [0.2, 0.25) is 0 Å². The SMILES string of the molecule is Cc1cc(Br)ccc1C(=O)Nc1cc(C(=O)O)[nH]n1. The van der Waals surface area contributed by atoms with Crippen LogP contribution in [0.25, 0.3) is 0 Å². The summed E-state index contributed by atoms with van der Waals surface area (Å²) in [6.07, 6.45) is 0. The first-order valence-corrected chi connectivity index (χ1v) is 6.13. The Morgan fingerprint density at radius 2 is 2.11 bits per heavy atom. The number of carboxylic acids is 1. The molecule has 0 unspecified atom stereocenters. The molecule has 6 nitrogen and oxygen atoms in total. The first kappa shape index (κ1) is 13.3. The number of benzene rings is 1. The van der Waals surface area contributed by atoms with Crippen LogP contribution in [-0.4, -0.2) is 27.2 Å². The summed E-state index contributed by atoms with van der Waals surface area (Å²) >= 11 is 3.32. The Hall–Kier alpha value is -2.15. The molecular weight excluding hydrogens is 314 g/mol. The number of nitrogens with one attached hydrogen (secondary N) is 2. The lowest BCUT2D eigenvalue weighted by Crippen LogP contribution is -2.13. The lowest BCUT2D eigenvalue weighted by Gasteiger charge is -2.05. The minimum atomic E-state index is -1.13. The largest absolute Gasteiger partial charge is 0.477 e. The van der Waals surface area contributed by atoms with Crippen molar-refractivity contribution in [2.24, 2.45) is 0 Å². The third kappa shape index (κ3) is 3.00. The zero-order valence-electron chi connectivity index (χ0n) is 9.90. The van der Waals surface area contributed by atoms with Crippen LogP contribution in [0.4, 0.5) is 5.82 Å². The van der Waals surface area contributed by atoms with Crippen LogP contribution in [-0.2, 0) is 0 Å². The number of hydrogen-bond donors (Lipinski definition) is 3. The minimum Gasteiger partial charge on any atom is -0.477 e. The smallest absolute Gasteiger partial charge is 0.353 e. The molecule has 0 spiro atoms. The molecule has 19 heavy (non-hydrogen) atoms. The maximum atomic E-state index is 12.0. The maximum Gasteiger partial charge on any atom is 0.353 e. The molecule has 0 aliphatic carbocycles. The molecule has 0 saturated carbocycles. The zero-order chi connectivity index (χ0) is 14.0. The number of aromatic nitrogens is 2. The lowest BCUT2D eigenvalue weighted by atomic mass is 10.1. The third-order valence-corrected chi connectivity index (χ3v) is 2.98. The van der Waals surface area contributed by atoms with E-state index >= 15 is 0 Å². The van der Waals surface area contributed by atoms with Crippen molar-refractivity contribution in [3.63, 3.8) is 0 Å². The molecule has 0 bridgehead atoms. The summed E-state index contributed by atoms with van der Waals surface area (Å²) in [5, 5.41) is 17.3. The highest BCUT2D eigenvalue weighted by Gasteiger charge is 2.13. The van der Waals surface area contributed by atoms with Gasteiger partial charge in [0.15, 0.2) is 5.82 Å². The molecule has 0 aliphatic rings. The van der Waals surface area contributed by atoms with Gasteiger partial charge in [0.05, 0.1) is 0 Å². The van der Waals surface area contributed by atoms with E-state index < -0.39 is 5.97 Å². The minimum absolute atomic E-state index is 0.0807. The standard InChI is InChI=1S/C12H10BrN3O3/c1-6-4-7(13)2-3-8(6)11(17)14-10-5-9(12(18)19)15-16-10/h2-5H,1H3,(H,18,19)(H2,14,15,16,17). The first-order valence-electron chi connectivity index (χ1n) is 5.33. The van der Waals surface area contributed by atoms with Crippen LogP contribution in [0.15, 0.2) is 28.7 Å². The Morgan fingerprint density at radius 3 is 2.68 bits per heavy atom. The van der Waals surface area contributed by atoms with Gasteiger partial charge in [0.2, 0.25) is 0 Å². The number of aromatic amines is 1. The summed E-state index contributed by atoms with van der Waals surface area (Å²) in [7, 11) is 0. The van der Waals surface area contributed by atoms with E-state index in [0.717, 1.165) is 10.0 Å². The van der Waals surface area contributed by atoms with Gasteiger partial charge in [-0.05, 0) is 30.7 Å². The Kier molecular flexibility index (Phi) is 3.66. The number of nitrogens with zero attached hydrogens (tertiary/aromatic N) is 1. The van der Waals surface area contributed by atoms with Gasteiger partial charge in [0, 0.05) is 16.1 Å². The van der Waals surface area contributed by atoms with E-state index in [0.29, 0.717) is 5.56 Å². The molecule has 1 aromatic carbocycles. The number of aromatic carboxylic acids is 1. The van der Waals surface area contributed by atoms with E-state index in [1.54, 1.807) is 12.1 Å². The molecule has 3 N–H and O–H groups in total. The predicted molar refractivity (Wildman–Crippen MR) is 72.4 cm³/mol. The molecule has 0 saturated heterocycles. The van der Waals surface area contributed by atoms with E-state index in [1.165, 1.54) is 6.07 Å². The van der Waals surface area contributed by atoms with Gasteiger partial charge in [-0.3, -0.25) is 9.89 Å². The molecule has 0 atom stereocenters. The topological polar surface area (TPSA) is 95.1 Å². The van der Waals surface area contributed by atoms with Crippen LogP contribution in [0.3, 0.4) is 0 Å². The number of halogens is 1. The van der Waals surface area contributed by atoms with Crippen molar-refractivity contribution in [3.8, 4) is 0 Å². The van der Waals surface area contributed by atoms with Crippen molar-refractivity contribution < 1.29 is 14.7 Å². The Bertz CT molecular complexity index is 651. The van der Waals surface area contributed by atoms with Gasteiger partial charge in [-0.15, -0.1) is 0 Å². The number of carbonyl (C=O) groups excluding carboxylic acids is 1. The van der Waals surface area contributed by atoms with Crippen molar-refractivity contribution in [2.45, 2.75) is 6.92 Å². The summed E-state index contributed by atoms with van der Waals surface area (Å²) in [5.74, 6) is -1.30. The number of anilines is 1. The van der Waals surface area contributed by atoms with Gasteiger partial charge in [0.1, 0.15) is 5.69 Å². The predicted octanol–water partition coefficient (Wildman–Crippen LogP) is 2.43. The summed E-state index contributed by atoms with van der Waals surface area (Å²) in [5.41, 5.74) is 1.23. The molecular formula is C12H10BrN3O3. The van der Waals surface area contributed by atoms with Gasteiger partial charge < -0.3 is 10.4 Å². The fraction of sp³-hybridized carbons (Fsp3) is 0.0833. The number of rotatable bonds is 3. The van der Waals surface area contributed by atoms with Crippen LogP contribution < -0.4 is 5.32 Å². The fourth-order valence-corrected chi connectivity index (χ4v) is 2.04. The highest BCUT2D eigenvalue weighted by atomic mass is 79.9. The maximum absolute atomic E-state index is 12.0. The van der Waals surface area contributed by atoms with Gasteiger partial charge >= 0.3 is 5.97 Å². The third-order valence-electron chi connectivity index (χ3n) is 2.48. The van der Waals surface area contributed by atoms with E-state index in [2.05, 4.69) is 31.4 Å². The monoisotopic (exact) mass is 323 g/mol. The molecule has 1 amide bonds. The highest BCUT2D eigenvalue weighted by molar-refractivity contribution is 9.10. The molecule has 2 aromatic rings. The van der Waals surface area contributed by atoms with E-state index in [4.69, 9.17) is 5.11 Å². The second-order valence-corrected chi connectivity index (χ2v) is 4.80. The Balaban J connectivity index is 2.18. The fourth-order valence-electron chi connectivity index (χ4n) is 1.56. The second kappa shape index (κ2) is 5.23. The summed E-state index contributed by atoms with van der Waals surface area (Å²) in [6.45, 7) is 1.81. The van der Waals surface area contributed by atoms with Crippen LogP contribution in [0.5, 0.6) is 0 Å². The van der Waals surface area contributed by atoms with Gasteiger partial charge in [-0.1, -0.05) is 15.9 Å². The zero-order valence-corrected chi connectivity index (χ0v) is 11.5. The molecule has 98 valence electrons. The van der Waals surface area contributed by atoms with Crippen LogP contribution in [0.1, 0.15) is 26.4 Å². The number of H-pyrrole nitrogens is 1. The Morgan fingerprint density at radius 1 is 1.37 bits per heavy atom. The van der Waals surface area contributed by atoms with Gasteiger partial charge in [-0.2, -0.15) is 5.10 Å². The summed E-state index contributed by atoms with van der Waals surface area (Å²) in [4.78, 5) is 22.7. The molecule has 0 fully saturated rings. The number of amides is 1. The van der Waals surface area contributed by atoms with Crippen molar-refractivity contribution in [1.29, 1.82) is 0 Å². The highest BCUT2D eigenvalue weighted by Crippen LogP contribution is 2.17. The molecule has 1 aromatic heterocycles. The number of carboxylic acid groups (broad SMARTS) is 1. The number of hydrogen-bond acceptors (Lipinski definition) is 3. The lowest BCUT2D eigenvalue weighted by molar-refractivity contribution is 0.0690. The molecule has 1 heterocycles. The normalized spacial score (nSPS) is 10.2. The van der Waals surface area contributed by atoms with Crippen molar-refractivity contribution in [3.05, 3.63) is 45.6 Å². The quantitative estimate of drug-likeness (QED) is 0.808. The van der Waals surface area contributed by atoms with Crippen molar-refractivity contribution >= 4 is 33.6 Å². The molecule has 7 heteroatoms. The molecule has 0 radical (unpaired) electrons.